The molecule has 0 radical (unpaired) electrons. The Bertz CT molecular complexity index is 692. The summed E-state index contributed by atoms with van der Waals surface area (Å²) in [5, 5.41) is 13.7. The number of ether oxygens (including phenoxy) is 1. The van der Waals surface area contributed by atoms with Gasteiger partial charge in [-0.05, 0) is 36.2 Å². The maximum atomic E-state index is 12.1. The van der Waals surface area contributed by atoms with Crippen molar-refractivity contribution < 1.29 is 19.4 Å². The Morgan fingerprint density at radius 1 is 1.14 bits per heavy atom. The highest BCUT2D eigenvalue weighted by Gasteiger charge is 2.09. The normalized spacial score (nSPS) is 10.1. The third kappa shape index (κ3) is 3.63. The molecule has 0 unspecified atom stereocenters. The first-order valence-corrected chi connectivity index (χ1v) is 6.75. The molecule has 0 aliphatic rings. The molecule has 114 valence electrons. The van der Waals surface area contributed by atoms with Gasteiger partial charge in [-0.3, -0.25) is 4.79 Å². The van der Waals surface area contributed by atoms with Gasteiger partial charge >= 0.3 is 0 Å². The van der Waals surface area contributed by atoms with Crippen molar-refractivity contribution in [3.63, 3.8) is 0 Å². The lowest BCUT2D eigenvalue weighted by Crippen LogP contribution is -2.24. The number of carboxylic acid groups (broad SMARTS) is 1. The molecule has 1 amide bonds. The van der Waals surface area contributed by atoms with Crippen LogP contribution >= 0.6 is 0 Å². The van der Waals surface area contributed by atoms with Crippen LogP contribution in [-0.4, -0.2) is 19.0 Å². The maximum Gasteiger partial charge on any atom is 0.228 e. The summed E-state index contributed by atoms with van der Waals surface area (Å²) in [4.78, 5) is 23.0. The molecule has 5 nitrogen and oxygen atoms in total. The molecule has 0 saturated heterocycles. The molecule has 0 saturated carbocycles. The fourth-order valence-electron chi connectivity index (χ4n) is 2.12. The molecule has 0 aliphatic carbocycles. The van der Waals surface area contributed by atoms with Gasteiger partial charge in [0.2, 0.25) is 5.91 Å². The van der Waals surface area contributed by atoms with Gasteiger partial charge in [0.25, 0.3) is 0 Å². The van der Waals surface area contributed by atoms with E-state index in [1.807, 2.05) is 12.1 Å². The summed E-state index contributed by atoms with van der Waals surface area (Å²) in [6.07, 6.45) is 0.193. The van der Waals surface area contributed by atoms with Gasteiger partial charge in [-0.2, -0.15) is 0 Å². The number of hydrogen-bond donors (Lipinski definition) is 1. The zero-order valence-electron chi connectivity index (χ0n) is 12.4. The molecule has 0 bridgehead atoms. The molecule has 1 N–H and O–H groups in total. The van der Waals surface area contributed by atoms with Gasteiger partial charge in [-0.1, -0.05) is 24.3 Å². The number of amides is 1. The van der Waals surface area contributed by atoms with Crippen LogP contribution in [0.2, 0.25) is 0 Å². The summed E-state index contributed by atoms with van der Waals surface area (Å²) in [7, 11) is 1.58. The van der Waals surface area contributed by atoms with Crippen LogP contribution in [0.15, 0.2) is 42.5 Å². The summed E-state index contributed by atoms with van der Waals surface area (Å²) < 4.78 is 5.06. The predicted octanol–water partition coefficient (Wildman–Crippen LogP) is 1.55. The van der Waals surface area contributed by atoms with Crippen molar-refractivity contribution >= 4 is 17.6 Å². The summed E-state index contributed by atoms with van der Waals surface area (Å²) in [6.45, 7) is 1.63. The number of aromatic carboxylic acids is 1. The standard InChI is InChI=1S/C17H17NO4/c1-11-14(17(20)21)4-3-5-15(11)18-16(19)10-12-6-8-13(22-2)9-7-12/h3-9H,10H2,1-2H3,(H,18,19)(H,20,21)/p-1. The van der Waals surface area contributed by atoms with Crippen molar-refractivity contribution in [2.24, 2.45) is 0 Å². The van der Waals surface area contributed by atoms with E-state index in [0.717, 1.165) is 11.3 Å². The van der Waals surface area contributed by atoms with Crippen LogP contribution in [0.1, 0.15) is 21.5 Å². The molecule has 2 rings (SSSR count). The lowest BCUT2D eigenvalue weighted by atomic mass is 10.1. The predicted molar refractivity (Wildman–Crippen MR) is 80.8 cm³/mol. The fourth-order valence-corrected chi connectivity index (χ4v) is 2.12. The zero-order chi connectivity index (χ0) is 16.1. The van der Waals surface area contributed by atoms with Crippen LogP contribution < -0.4 is 15.2 Å². The van der Waals surface area contributed by atoms with E-state index >= 15 is 0 Å². The largest absolute Gasteiger partial charge is 0.545 e. The van der Waals surface area contributed by atoms with Crippen molar-refractivity contribution in [2.45, 2.75) is 13.3 Å². The molecule has 0 aromatic heterocycles. The van der Waals surface area contributed by atoms with E-state index in [0.29, 0.717) is 11.3 Å². The van der Waals surface area contributed by atoms with Crippen LogP contribution in [0.4, 0.5) is 5.69 Å². The minimum absolute atomic E-state index is 0.0715. The molecule has 0 fully saturated rings. The maximum absolute atomic E-state index is 12.1. The second kappa shape index (κ2) is 6.76. The molecule has 0 spiro atoms. The lowest BCUT2D eigenvalue weighted by molar-refractivity contribution is -0.255. The monoisotopic (exact) mass is 298 g/mol. The molecule has 0 atom stereocenters. The Labute approximate surface area is 128 Å². The number of carbonyl (C=O) groups excluding carboxylic acids is 2. The minimum Gasteiger partial charge on any atom is -0.545 e. The van der Waals surface area contributed by atoms with E-state index in [-0.39, 0.29) is 17.9 Å². The molecule has 22 heavy (non-hydrogen) atoms. The number of carboxylic acids is 1. The number of carbonyl (C=O) groups is 2. The average Bonchev–Trinajstić information content (AvgIpc) is 2.50. The first kappa shape index (κ1) is 15.6. The lowest BCUT2D eigenvalue weighted by Gasteiger charge is -2.13. The molecular formula is C17H16NO4-. The second-order valence-corrected chi connectivity index (χ2v) is 4.84. The minimum atomic E-state index is -1.26. The van der Waals surface area contributed by atoms with Crippen LogP contribution in [0.25, 0.3) is 0 Å². The van der Waals surface area contributed by atoms with Crippen LogP contribution in [0.5, 0.6) is 5.75 Å². The molecular weight excluding hydrogens is 282 g/mol. The smallest absolute Gasteiger partial charge is 0.228 e. The number of hydrogen-bond acceptors (Lipinski definition) is 4. The number of anilines is 1. The Morgan fingerprint density at radius 3 is 2.41 bits per heavy atom. The SMILES string of the molecule is COc1ccc(CC(=O)Nc2cccc(C(=O)[O-])c2C)cc1. The van der Waals surface area contributed by atoms with E-state index in [1.165, 1.54) is 6.07 Å². The molecule has 0 heterocycles. The summed E-state index contributed by atoms with van der Waals surface area (Å²) in [5.74, 6) is -0.755. The van der Waals surface area contributed by atoms with Crippen molar-refractivity contribution in [2.75, 3.05) is 12.4 Å². The van der Waals surface area contributed by atoms with Gasteiger partial charge in [-0.15, -0.1) is 0 Å². The summed E-state index contributed by atoms with van der Waals surface area (Å²) >= 11 is 0. The highest BCUT2D eigenvalue weighted by atomic mass is 16.5. The Morgan fingerprint density at radius 2 is 1.82 bits per heavy atom. The first-order chi connectivity index (χ1) is 10.5. The second-order valence-electron chi connectivity index (χ2n) is 4.84. The quantitative estimate of drug-likeness (QED) is 0.908. The van der Waals surface area contributed by atoms with Gasteiger partial charge in [-0.25, -0.2) is 0 Å². The van der Waals surface area contributed by atoms with Gasteiger partial charge in [0.05, 0.1) is 19.5 Å². The number of nitrogens with one attached hydrogen (secondary N) is 1. The summed E-state index contributed by atoms with van der Waals surface area (Å²) in [6, 6.07) is 11.9. The Kier molecular flexibility index (Phi) is 4.78. The van der Waals surface area contributed by atoms with Crippen LogP contribution in [0.3, 0.4) is 0 Å². The van der Waals surface area contributed by atoms with Crippen LogP contribution in [0, 0.1) is 6.92 Å². The van der Waals surface area contributed by atoms with E-state index in [9.17, 15) is 14.7 Å². The van der Waals surface area contributed by atoms with Gasteiger partial charge < -0.3 is 20.0 Å². The first-order valence-electron chi connectivity index (χ1n) is 6.75. The fraction of sp³-hybridized carbons (Fsp3) is 0.176. The number of rotatable bonds is 5. The van der Waals surface area contributed by atoms with Crippen LogP contribution in [-0.2, 0) is 11.2 Å². The van der Waals surface area contributed by atoms with E-state index in [4.69, 9.17) is 4.74 Å². The number of benzene rings is 2. The van der Waals surface area contributed by atoms with E-state index < -0.39 is 5.97 Å². The molecule has 2 aromatic carbocycles. The van der Waals surface area contributed by atoms with Crippen molar-refractivity contribution in [1.29, 1.82) is 0 Å². The topological polar surface area (TPSA) is 78.5 Å². The van der Waals surface area contributed by atoms with Crippen molar-refractivity contribution in [1.82, 2.24) is 0 Å². The third-order valence-corrected chi connectivity index (χ3v) is 3.35. The molecule has 0 aliphatic heterocycles. The van der Waals surface area contributed by atoms with Gasteiger partial charge in [0, 0.05) is 11.3 Å². The molecule has 5 heteroatoms. The van der Waals surface area contributed by atoms with E-state index in [1.54, 1.807) is 38.3 Å². The Hall–Kier alpha value is -2.82. The Balaban J connectivity index is 2.08. The number of methoxy groups -OCH3 is 1. The van der Waals surface area contributed by atoms with Gasteiger partial charge in [0.15, 0.2) is 0 Å². The highest BCUT2D eigenvalue weighted by Crippen LogP contribution is 2.19. The average molecular weight is 298 g/mol. The van der Waals surface area contributed by atoms with Crippen molar-refractivity contribution in [3.05, 3.63) is 59.2 Å². The zero-order valence-corrected chi connectivity index (χ0v) is 12.4. The summed E-state index contributed by atoms with van der Waals surface area (Å²) in [5.41, 5.74) is 1.86. The van der Waals surface area contributed by atoms with Gasteiger partial charge in [0.1, 0.15) is 5.75 Å². The van der Waals surface area contributed by atoms with E-state index in [2.05, 4.69) is 5.32 Å². The highest BCUT2D eigenvalue weighted by molar-refractivity contribution is 5.96. The molecule has 2 aromatic rings. The third-order valence-electron chi connectivity index (χ3n) is 3.35. The van der Waals surface area contributed by atoms with Crippen molar-refractivity contribution in [3.8, 4) is 5.75 Å².